The van der Waals surface area contributed by atoms with Crippen molar-refractivity contribution in [2.45, 2.75) is 43.6 Å². The molecular weight excluding hydrogens is 693 g/mol. The molecule has 0 spiro atoms. The molecule has 4 aromatic rings. The Labute approximate surface area is 314 Å². The Morgan fingerprint density at radius 2 is 1.69 bits per heavy atom. The SMILES string of the molecule is COc1ccc(-n2cnnn2)cc1C(=O)N(C)CC(CCN1CCC(C(=O)NN2CCN(C(C)C(=O)O)CC2)(c2ccccc2)CC1)c1ccc(F)cc1. The minimum Gasteiger partial charge on any atom is -0.496 e. The fraction of sp³-hybridized carbons (Fsp3) is 0.436. The first-order chi connectivity index (χ1) is 26.1. The number of carboxylic acids is 1. The number of hydrazine groups is 1. The second kappa shape index (κ2) is 17.3. The van der Waals surface area contributed by atoms with Crippen LogP contribution in [-0.2, 0) is 15.0 Å². The maximum absolute atomic E-state index is 14.2. The molecule has 0 radical (unpaired) electrons. The number of benzene rings is 3. The number of carboxylic acid groups (broad SMARTS) is 1. The van der Waals surface area contributed by atoms with Crippen LogP contribution < -0.4 is 10.2 Å². The molecule has 14 nitrogen and oxygen atoms in total. The highest BCUT2D eigenvalue weighted by Crippen LogP contribution is 2.37. The second-order valence-corrected chi connectivity index (χ2v) is 14.1. The molecule has 3 aromatic carbocycles. The number of aliphatic carboxylic acids is 1. The molecule has 54 heavy (non-hydrogen) atoms. The van der Waals surface area contributed by atoms with Gasteiger partial charge in [-0.15, -0.1) is 5.10 Å². The van der Waals surface area contributed by atoms with Gasteiger partial charge in [0.2, 0.25) is 5.91 Å². The van der Waals surface area contributed by atoms with Crippen LogP contribution in [0.1, 0.15) is 53.6 Å². The van der Waals surface area contributed by atoms with Crippen LogP contribution in [0.4, 0.5) is 4.39 Å². The van der Waals surface area contributed by atoms with Crippen molar-refractivity contribution in [3.63, 3.8) is 0 Å². The van der Waals surface area contributed by atoms with Gasteiger partial charge in [0.15, 0.2) is 0 Å². The highest BCUT2D eigenvalue weighted by molar-refractivity contribution is 5.97. The molecule has 1 aromatic heterocycles. The molecule has 2 saturated heterocycles. The number of nitrogens with zero attached hydrogens (tertiary/aromatic N) is 8. The van der Waals surface area contributed by atoms with Gasteiger partial charge in [-0.05, 0) is 97.7 Å². The van der Waals surface area contributed by atoms with E-state index < -0.39 is 17.4 Å². The number of piperidine rings is 1. The normalized spacial score (nSPS) is 17.7. The summed E-state index contributed by atoms with van der Waals surface area (Å²) in [6, 6.07) is 21.0. The summed E-state index contributed by atoms with van der Waals surface area (Å²) in [6.45, 7) is 6.36. The first-order valence-corrected chi connectivity index (χ1v) is 18.3. The van der Waals surface area contributed by atoms with Gasteiger partial charge in [-0.2, -0.15) is 0 Å². The predicted molar refractivity (Wildman–Crippen MR) is 199 cm³/mol. The number of likely N-dealkylation sites (N-methyl/N-ethyl adjacent to an activating group) is 1. The largest absolute Gasteiger partial charge is 0.496 e. The van der Waals surface area contributed by atoms with Gasteiger partial charge in [0, 0.05) is 45.7 Å². The number of halogens is 1. The zero-order chi connectivity index (χ0) is 38.2. The first kappa shape index (κ1) is 38.5. The number of methoxy groups -OCH3 is 1. The molecule has 2 amide bonds. The minimum absolute atomic E-state index is 0.0445. The van der Waals surface area contributed by atoms with Crippen molar-refractivity contribution < 1.29 is 28.6 Å². The number of piperazine rings is 1. The predicted octanol–water partition coefficient (Wildman–Crippen LogP) is 3.21. The molecule has 6 rings (SSSR count). The van der Waals surface area contributed by atoms with Gasteiger partial charge in [0.1, 0.15) is 23.9 Å². The number of amides is 2. The van der Waals surface area contributed by atoms with Gasteiger partial charge in [0.25, 0.3) is 5.91 Å². The number of hydrogen-bond acceptors (Lipinski definition) is 10. The lowest BCUT2D eigenvalue weighted by atomic mass is 9.72. The Morgan fingerprint density at radius 1 is 0.981 bits per heavy atom. The van der Waals surface area contributed by atoms with E-state index in [4.69, 9.17) is 4.74 Å². The van der Waals surface area contributed by atoms with E-state index in [1.54, 1.807) is 49.2 Å². The van der Waals surface area contributed by atoms with Crippen LogP contribution in [-0.4, -0.2) is 135 Å². The number of carbonyl (C=O) groups excluding carboxylic acids is 2. The van der Waals surface area contributed by atoms with E-state index in [0.717, 1.165) is 17.7 Å². The molecule has 2 aliphatic heterocycles. The number of tetrazole rings is 1. The Kier molecular flexibility index (Phi) is 12.3. The van der Waals surface area contributed by atoms with Crippen molar-refractivity contribution in [2.24, 2.45) is 0 Å². The Bertz CT molecular complexity index is 1860. The molecule has 0 aliphatic carbocycles. The molecule has 0 saturated carbocycles. The number of nitrogens with one attached hydrogen (secondary N) is 1. The van der Waals surface area contributed by atoms with Crippen LogP contribution in [0.2, 0.25) is 0 Å². The molecule has 2 aliphatic rings. The summed E-state index contributed by atoms with van der Waals surface area (Å²) in [5, 5.41) is 22.7. The Hall–Kier alpha value is -5.25. The number of aromatic nitrogens is 4. The molecule has 2 atom stereocenters. The lowest BCUT2D eigenvalue weighted by Crippen LogP contribution is -2.60. The molecule has 2 fully saturated rings. The zero-order valence-electron chi connectivity index (χ0n) is 31.0. The van der Waals surface area contributed by atoms with Crippen molar-refractivity contribution in [3.05, 3.63) is 102 Å². The van der Waals surface area contributed by atoms with Crippen LogP contribution in [0.3, 0.4) is 0 Å². The monoisotopic (exact) mass is 741 g/mol. The lowest BCUT2D eigenvalue weighted by Gasteiger charge is -2.43. The van der Waals surface area contributed by atoms with Gasteiger partial charge in [-0.25, -0.2) is 14.1 Å². The van der Waals surface area contributed by atoms with E-state index in [-0.39, 0.29) is 23.5 Å². The third kappa shape index (κ3) is 8.75. The summed E-state index contributed by atoms with van der Waals surface area (Å²) in [4.78, 5) is 45.5. The lowest BCUT2D eigenvalue weighted by molar-refractivity contribution is -0.144. The summed E-state index contributed by atoms with van der Waals surface area (Å²) >= 11 is 0. The summed E-state index contributed by atoms with van der Waals surface area (Å²) in [5.41, 5.74) is 5.36. The molecule has 15 heteroatoms. The third-order valence-corrected chi connectivity index (χ3v) is 11.0. The minimum atomic E-state index is -0.851. The van der Waals surface area contributed by atoms with Gasteiger partial charge in [0.05, 0.1) is 23.8 Å². The number of rotatable bonds is 14. The summed E-state index contributed by atoms with van der Waals surface area (Å²) < 4.78 is 21.0. The molecule has 2 N–H and O–H groups in total. The molecule has 2 unspecified atom stereocenters. The number of hydrogen-bond donors (Lipinski definition) is 2. The second-order valence-electron chi connectivity index (χ2n) is 14.1. The Balaban J connectivity index is 1.12. The van der Waals surface area contributed by atoms with Crippen LogP contribution in [0, 0.1) is 5.82 Å². The standard InChI is InChI=1S/C39H48FN9O5/c1-28(37(51)52)47-21-23-48(24-22-47)42-38(53)39(31-7-5-4-6-8-31)16-19-46(20-17-39)18-15-30(29-9-11-32(40)12-10-29)26-45(2)36(50)34-25-33(13-14-35(34)54-3)49-27-41-43-44-49/h4-14,25,27-28,30H,15-24,26H2,1-3H3,(H,42,53)(H,51,52). The fourth-order valence-electron chi connectivity index (χ4n) is 7.53. The summed E-state index contributed by atoms with van der Waals surface area (Å²) in [7, 11) is 3.27. The van der Waals surface area contributed by atoms with Crippen LogP contribution in [0.5, 0.6) is 5.75 Å². The maximum Gasteiger partial charge on any atom is 0.320 e. The Morgan fingerprint density at radius 3 is 2.31 bits per heavy atom. The number of ether oxygens (including phenoxy) is 1. The van der Waals surface area contributed by atoms with Crippen LogP contribution >= 0.6 is 0 Å². The third-order valence-electron chi connectivity index (χ3n) is 11.0. The zero-order valence-corrected chi connectivity index (χ0v) is 31.0. The van der Waals surface area contributed by atoms with Crippen LogP contribution in [0.15, 0.2) is 79.1 Å². The highest BCUT2D eigenvalue weighted by atomic mass is 19.1. The van der Waals surface area contributed by atoms with E-state index >= 15 is 0 Å². The molecule has 286 valence electrons. The average Bonchev–Trinajstić information content (AvgIpc) is 3.75. The fourth-order valence-corrected chi connectivity index (χ4v) is 7.53. The highest BCUT2D eigenvalue weighted by Gasteiger charge is 2.44. The van der Waals surface area contributed by atoms with Crippen molar-refractivity contribution in [1.82, 2.24) is 45.3 Å². The van der Waals surface area contributed by atoms with Crippen molar-refractivity contribution in [2.75, 3.05) is 66.5 Å². The van der Waals surface area contributed by atoms with E-state index in [2.05, 4.69) is 25.9 Å². The van der Waals surface area contributed by atoms with Gasteiger partial charge >= 0.3 is 5.97 Å². The van der Waals surface area contributed by atoms with E-state index in [1.807, 2.05) is 40.2 Å². The summed E-state index contributed by atoms with van der Waals surface area (Å²) in [6.07, 6.45) is 3.40. The van der Waals surface area contributed by atoms with E-state index in [1.165, 1.54) is 30.3 Å². The van der Waals surface area contributed by atoms with Crippen molar-refractivity contribution >= 4 is 17.8 Å². The topological polar surface area (TPSA) is 149 Å². The van der Waals surface area contributed by atoms with E-state index in [9.17, 15) is 23.9 Å². The maximum atomic E-state index is 14.2. The van der Waals surface area contributed by atoms with Crippen LogP contribution in [0.25, 0.3) is 5.69 Å². The molecular formula is C39H48FN9O5. The quantitative estimate of drug-likeness (QED) is 0.196. The van der Waals surface area contributed by atoms with Gasteiger partial charge in [-0.1, -0.05) is 42.5 Å². The van der Waals surface area contributed by atoms with Crippen molar-refractivity contribution in [3.8, 4) is 11.4 Å². The van der Waals surface area contributed by atoms with Crippen molar-refractivity contribution in [1.29, 1.82) is 0 Å². The average molecular weight is 742 g/mol. The molecule has 3 heterocycles. The van der Waals surface area contributed by atoms with Gasteiger partial charge < -0.3 is 19.6 Å². The number of likely N-dealkylation sites (tertiary alicyclic amines) is 1. The van der Waals surface area contributed by atoms with Gasteiger partial charge in [-0.3, -0.25) is 24.7 Å². The molecule has 0 bridgehead atoms. The number of carbonyl (C=O) groups is 3. The first-order valence-electron chi connectivity index (χ1n) is 18.3. The smallest absolute Gasteiger partial charge is 0.320 e. The summed E-state index contributed by atoms with van der Waals surface area (Å²) in [5.74, 6) is -1.12. The van der Waals surface area contributed by atoms with E-state index in [0.29, 0.717) is 82.1 Å².